The number of ether oxygens (including phenoxy) is 1. The van der Waals surface area contributed by atoms with Crippen molar-refractivity contribution in [2.24, 2.45) is 17.3 Å². The fourth-order valence-electron chi connectivity index (χ4n) is 5.91. The highest BCUT2D eigenvalue weighted by atomic mass is 32.2. The minimum absolute atomic E-state index is 0.0141. The Kier molecular flexibility index (Phi) is 10.0. The summed E-state index contributed by atoms with van der Waals surface area (Å²) in [7, 11) is 0. The molecule has 7 nitrogen and oxygen atoms in total. The van der Waals surface area contributed by atoms with Crippen molar-refractivity contribution in [2.45, 2.75) is 122 Å². The highest BCUT2D eigenvalue weighted by molar-refractivity contribution is 8.04. The van der Waals surface area contributed by atoms with Crippen LogP contribution in [0.4, 0.5) is 0 Å². The Hall–Kier alpha value is -2.08. The highest BCUT2D eigenvalue weighted by Gasteiger charge is 2.45. The minimum Gasteiger partial charge on any atom is -0.480 e. The molecule has 0 radical (unpaired) electrons. The van der Waals surface area contributed by atoms with Crippen molar-refractivity contribution in [1.29, 1.82) is 0 Å². The van der Waals surface area contributed by atoms with Gasteiger partial charge in [-0.25, -0.2) is 9.97 Å². The second-order valence-corrected chi connectivity index (χ2v) is 13.7. The maximum Gasteiger partial charge on any atom is 0.318 e. The number of aliphatic carboxylic acids is 1. The molecule has 8 heteroatoms. The Morgan fingerprint density at radius 2 is 1.77 bits per heavy atom. The number of carboxylic acids is 1. The van der Waals surface area contributed by atoms with Gasteiger partial charge in [-0.15, -0.1) is 11.8 Å². The Balaban J connectivity index is 1.53. The number of hydrogen-bond acceptors (Lipinski definition) is 7. The molecular weight excluding hydrogens is 510 g/mol. The number of allylic oxidation sites excluding steroid dienone is 1. The Bertz CT molecular complexity index is 1060. The number of thioether (sulfide) groups is 1. The SMILES string of the molecule is CCc1cnc(OC2CCC(N(C(O)C3CCC(C)CC3)C3C=C(C#CC(C)(C)C)SC3C(=O)O)CC2)nc1. The molecule has 4 rings (SSSR count). The van der Waals surface area contributed by atoms with E-state index in [9.17, 15) is 15.0 Å². The fraction of sp³-hybridized carbons (Fsp3) is 0.710. The molecule has 39 heavy (non-hydrogen) atoms. The number of aliphatic hydroxyl groups excluding tert-OH is 1. The predicted molar refractivity (Wildman–Crippen MR) is 155 cm³/mol. The minimum atomic E-state index is -0.854. The molecule has 0 bridgehead atoms. The first-order chi connectivity index (χ1) is 18.5. The lowest BCUT2D eigenvalue weighted by atomic mass is 9.80. The lowest BCUT2D eigenvalue weighted by Crippen LogP contribution is -2.56. The summed E-state index contributed by atoms with van der Waals surface area (Å²) in [6, 6.07) is 0.0757. The molecule has 1 aliphatic heterocycles. The number of nitrogens with zero attached hydrogens (tertiary/aromatic N) is 3. The largest absolute Gasteiger partial charge is 0.480 e. The van der Waals surface area contributed by atoms with Crippen molar-refractivity contribution < 1.29 is 19.7 Å². The molecular formula is C31H45N3O4S. The molecule has 3 aliphatic rings. The molecule has 214 valence electrons. The van der Waals surface area contributed by atoms with Gasteiger partial charge in [0.25, 0.3) is 0 Å². The number of aromatic nitrogens is 2. The summed E-state index contributed by atoms with van der Waals surface area (Å²) >= 11 is 1.32. The number of aryl methyl sites for hydroxylation is 1. The molecule has 3 atom stereocenters. The molecule has 1 aromatic heterocycles. The quantitative estimate of drug-likeness (QED) is 0.313. The second-order valence-electron chi connectivity index (χ2n) is 12.6. The van der Waals surface area contributed by atoms with Gasteiger partial charge in [0.1, 0.15) is 17.6 Å². The van der Waals surface area contributed by atoms with E-state index in [1.54, 1.807) is 0 Å². The molecule has 2 aliphatic carbocycles. The van der Waals surface area contributed by atoms with Crippen LogP contribution in [0.2, 0.25) is 0 Å². The van der Waals surface area contributed by atoms with Crippen LogP contribution in [0.3, 0.4) is 0 Å². The predicted octanol–water partition coefficient (Wildman–Crippen LogP) is 5.68. The Labute approximate surface area is 238 Å². The van der Waals surface area contributed by atoms with E-state index in [0.717, 1.165) is 68.3 Å². The summed E-state index contributed by atoms with van der Waals surface area (Å²) < 4.78 is 6.11. The molecule has 0 aromatic carbocycles. The van der Waals surface area contributed by atoms with E-state index in [2.05, 4.69) is 61.3 Å². The monoisotopic (exact) mass is 555 g/mol. The zero-order valence-electron chi connectivity index (χ0n) is 24.1. The van der Waals surface area contributed by atoms with E-state index < -0.39 is 23.5 Å². The zero-order valence-corrected chi connectivity index (χ0v) is 24.9. The molecule has 3 unspecified atom stereocenters. The van der Waals surface area contributed by atoms with Gasteiger partial charge in [0.05, 0.1) is 10.9 Å². The third-order valence-electron chi connectivity index (χ3n) is 8.25. The van der Waals surface area contributed by atoms with Crippen molar-refractivity contribution >= 4 is 17.7 Å². The van der Waals surface area contributed by atoms with Gasteiger partial charge in [-0.2, -0.15) is 0 Å². The molecule has 2 saturated carbocycles. The first kappa shape index (κ1) is 29.9. The normalized spacial score (nSPS) is 30.3. The molecule has 2 N–H and O–H groups in total. The lowest BCUT2D eigenvalue weighted by molar-refractivity contribution is -0.141. The van der Waals surface area contributed by atoms with Gasteiger partial charge in [0.15, 0.2) is 0 Å². The average molecular weight is 556 g/mol. The summed E-state index contributed by atoms with van der Waals surface area (Å²) in [5.41, 5.74) is 0.907. The van der Waals surface area contributed by atoms with Gasteiger partial charge < -0.3 is 14.9 Å². The van der Waals surface area contributed by atoms with Gasteiger partial charge in [-0.3, -0.25) is 9.69 Å². The summed E-state index contributed by atoms with van der Waals surface area (Å²) in [6.45, 7) is 10.5. The van der Waals surface area contributed by atoms with Gasteiger partial charge in [-0.05, 0) is 89.2 Å². The molecule has 0 saturated heterocycles. The van der Waals surface area contributed by atoms with E-state index in [4.69, 9.17) is 4.74 Å². The summed E-state index contributed by atoms with van der Waals surface area (Å²) in [4.78, 5) is 24.1. The van der Waals surface area contributed by atoms with Crippen molar-refractivity contribution in [1.82, 2.24) is 14.9 Å². The molecule has 2 fully saturated rings. The van der Waals surface area contributed by atoms with Gasteiger partial charge in [0, 0.05) is 23.9 Å². The van der Waals surface area contributed by atoms with Crippen LogP contribution in [0, 0.1) is 29.1 Å². The molecule has 0 amide bonds. The number of carbonyl (C=O) groups is 1. The topological polar surface area (TPSA) is 95.8 Å². The maximum atomic E-state index is 12.4. The van der Waals surface area contributed by atoms with Gasteiger partial charge >= 0.3 is 12.0 Å². The smallest absolute Gasteiger partial charge is 0.318 e. The first-order valence-electron chi connectivity index (χ1n) is 14.6. The molecule has 0 spiro atoms. The van der Waals surface area contributed by atoms with E-state index in [-0.39, 0.29) is 23.5 Å². The maximum absolute atomic E-state index is 12.4. The third-order valence-corrected chi connectivity index (χ3v) is 9.48. The standard InChI is InChI=1S/C31H45N3O4S/c1-6-21-18-32-30(33-19-21)38-24-13-11-23(12-14-24)34(28(35)22-9-7-20(2)8-10-22)26-17-25(15-16-31(3,4)5)39-27(26)29(36)37/h17-20,22-24,26-28,35H,6-14H2,1-5H3,(H,36,37). The average Bonchev–Trinajstić information content (AvgIpc) is 3.33. The van der Waals surface area contributed by atoms with Crippen molar-refractivity contribution in [2.75, 3.05) is 0 Å². The van der Waals surface area contributed by atoms with Crippen molar-refractivity contribution in [3.05, 3.63) is 28.9 Å². The summed E-state index contributed by atoms with van der Waals surface area (Å²) in [6.07, 6.45) is 13.3. The van der Waals surface area contributed by atoms with Crippen molar-refractivity contribution in [3.63, 3.8) is 0 Å². The van der Waals surface area contributed by atoms with Crippen LogP contribution < -0.4 is 4.74 Å². The molecule has 2 heterocycles. The van der Waals surface area contributed by atoms with Crippen LogP contribution in [-0.4, -0.2) is 60.7 Å². The van der Waals surface area contributed by atoms with Crippen LogP contribution in [-0.2, 0) is 11.2 Å². The van der Waals surface area contributed by atoms with Gasteiger partial charge in [-0.1, -0.05) is 38.5 Å². The Morgan fingerprint density at radius 1 is 1.13 bits per heavy atom. The summed E-state index contributed by atoms with van der Waals surface area (Å²) in [5.74, 6) is 6.46. The number of carboxylic acid groups (broad SMARTS) is 1. The first-order valence-corrected chi connectivity index (χ1v) is 15.5. The van der Waals surface area contributed by atoms with Crippen LogP contribution in [0.25, 0.3) is 0 Å². The lowest BCUT2D eigenvalue weighted by Gasteiger charge is -2.46. The summed E-state index contributed by atoms with van der Waals surface area (Å²) in [5, 5.41) is 21.3. The highest BCUT2D eigenvalue weighted by Crippen LogP contribution is 2.42. The van der Waals surface area contributed by atoms with E-state index >= 15 is 0 Å². The van der Waals surface area contributed by atoms with E-state index in [1.165, 1.54) is 11.8 Å². The zero-order chi connectivity index (χ0) is 28.2. The molecule has 1 aromatic rings. The Morgan fingerprint density at radius 3 is 2.33 bits per heavy atom. The number of rotatable bonds is 8. The third kappa shape index (κ3) is 7.99. The second kappa shape index (κ2) is 13.1. The van der Waals surface area contributed by atoms with E-state index in [0.29, 0.717) is 11.9 Å². The van der Waals surface area contributed by atoms with Crippen LogP contribution in [0.1, 0.15) is 91.5 Å². The van der Waals surface area contributed by atoms with Crippen LogP contribution in [0.5, 0.6) is 6.01 Å². The van der Waals surface area contributed by atoms with Crippen molar-refractivity contribution in [3.8, 4) is 17.9 Å². The fourth-order valence-corrected chi connectivity index (χ4v) is 6.97. The van der Waals surface area contributed by atoms with Gasteiger partial charge in [0.2, 0.25) is 0 Å². The van der Waals surface area contributed by atoms with Crippen LogP contribution >= 0.6 is 11.8 Å². The van der Waals surface area contributed by atoms with Crippen LogP contribution in [0.15, 0.2) is 23.4 Å². The number of hydrogen-bond donors (Lipinski definition) is 2. The van der Waals surface area contributed by atoms with E-state index in [1.807, 2.05) is 18.5 Å². The number of aliphatic hydroxyl groups is 1.